The molecule has 114 valence electrons. The third-order valence-electron chi connectivity index (χ3n) is 5.22. The van der Waals surface area contributed by atoms with E-state index in [0.29, 0.717) is 18.4 Å². The summed E-state index contributed by atoms with van der Waals surface area (Å²) in [6.45, 7) is 5.72. The van der Waals surface area contributed by atoms with Crippen LogP contribution in [0.2, 0.25) is 0 Å². The lowest BCUT2D eigenvalue weighted by Crippen LogP contribution is -2.36. The summed E-state index contributed by atoms with van der Waals surface area (Å²) < 4.78 is 9.84. The van der Waals surface area contributed by atoms with Crippen LogP contribution in [0.1, 0.15) is 52.9 Å². The number of hydrogen-bond acceptors (Lipinski definition) is 4. The van der Waals surface area contributed by atoms with Gasteiger partial charge in [-0.15, -0.1) is 0 Å². The first-order valence-electron chi connectivity index (χ1n) is 7.65. The maximum atomic E-state index is 11.0. The highest BCUT2D eigenvalue weighted by molar-refractivity contribution is 5.75. The second kappa shape index (κ2) is 5.74. The molecule has 1 aliphatic heterocycles. The van der Waals surface area contributed by atoms with Gasteiger partial charge in [-0.3, -0.25) is 9.59 Å². The maximum Gasteiger partial charge on any atom is 0.311 e. The van der Waals surface area contributed by atoms with E-state index in [0.717, 1.165) is 24.7 Å². The Kier molecular flexibility index (Phi) is 4.40. The summed E-state index contributed by atoms with van der Waals surface area (Å²) in [5.41, 5.74) is -0.311. The minimum Gasteiger partial charge on any atom is -0.469 e. The van der Waals surface area contributed by atoms with Crippen molar-refractivity contribution in [3.63, 3.8) is 0 Å². The Morgan fingerprint density at radius 2 is 2.05 bits per heavy atom. The number of ether oxygens (including phenoxy) is 2. The molecule has 0 amide bonds. The van der Waals surface area contributed by atoms with E-state index < -0.39 is 0 Å². The standard InChI is InChI=1S/C9H12O2.C7H14O2/c10-9-4-6-1-5-2-7(6)8(3-5)11-9;1-5-7(2,3)6(8)9-4/h5-8H,1-4H2;5H2,1-4H3. The molecule has 0 aromatic heterocycles. The molecule has 20 heavy (non-hydrogen) atoms. The van der Waals surface area contributed by atoms with Crippen molar-refractivity contribution in [2.75, 3.05) is 7.11 Å². The fraction of sp³-hybridized carbons (Fsp3) is 0.875. The zero-order valence-corrected chi connectivity index (χ0v) is 13.0. The Bertz CT molecular complexity index is 370. The number of carbonyl (C=O) groups is 2. The van der Waals surface area contributed by atoms with Crippen LogP contribution < -0.4 is 0 Å². The van der Waals surface area contributed by atoms with Gasteiger partial charge in [0, 0.05) is 6.42 Å². The first kappa shape index (κ1) is 15.3. The molecule has 4 unspecified atom stereocenters. The molecule has 2 bridgehead atoms. The average molecular weight is 282 g/mol. The van der Waals surface area contributed by atoms with Crippen molar-refractivity contribution in [2.45, 2.75) is 59.0 Å². The Morgan fingerprint density at radius 3 is 2.50 bits per heavy atom. The van der Waals surface area contributed by atoms with Gasteiger partial charge in [0.25, 0.3) is 0 Å². The van der Waals surface area contributed by atoms with Crippen LogP contribution >= 0.6 is 0 Å². The van der Waals surface area contributed by atoms with Crippen molar-refractivity contribution in [3.8, 4) is 0 Å². The highest BCUT2D eigenvalue weighted by Gasteiger charge is 2.51. The molecule has 0 spiro atoms. The Balaban J connectivity index is 0.000000152. The summed E-state index contributed by atoms with van der Waals surface area (Å²) >= 11 is 0. The fourth-order valence-electron chi connectivity index (χ4n) is 3.65. The van der Waals surface area contributed by atoms with Crippen LogP contribution in [0.5, 0.6) is 0 Å². The van der Waals surface area contributed by atoms with Gasteiger partial charge in [-0.05, 0) is 57.3 Å². The molecular formula is C16H26O4. The van der Waals surface area contributed by atoms with Crippen molar-refractivity contribution in [1.82, 2.24) is 0 Å². The van der Waals surface area contributed by atoms with E-state index >= 15 is 0 Å². The second-order valence-electron chi connectivity index (χ2n) is 6.96. The van der Waals surface area contributed by atoms with Gasteiger partial charge in [-0.25, -0.2) is 0 Å². The van der Waals surface area contributed by atoms with E-state index in [1.165, 1.54) is 20.0 Å². The van der Waals surface area contributed by atoms with Crippen molar-refractivity contribution in [1.29, 1.82) is 0 Å². The molecule has 3 aliphatic rings. The quantitative estimate of drug-likeness (QED) is 0.731. The zero-order chi connectivity index (χ0) is 14.9. The SMILES string of the molecule is CCC(C)(C)C(=O)OC.O=C1CC2CC3CC(O1)C2C3. The van der Waals surface area contributed by atoms with E-state index in [2.05, 4.69) is 4.74 Å². The molecule has 0 aromatic rings. The van der Waals surface area contributed by atoms with Crippen molar-refractivity contribution in [3.05, 3.63) is 0 Å². The lowest BCUT2D eigenvalue weighted by molar-refractivity contribution is -0.162. The Morgan fingerprint density at radius 1 is 1.35 bits per heavy atom. The van der Waals surface area contributed by atoms with Gasteiger partial charge in [0.2, 0.25) is 0 Å². The number of hydrogen-bond donors (Lipinski definition) is 0. The van der Waals surface area contributed by atoms with Gasteiger partial charge >= 0.3 is 11.9 Å². The van der Waals surface area contributed by atoms with Crippen LogP contribution in [0.25, 0.3) is 0 Å². The van der Waals surface area contributed by atoms with E-state index in [4.69, 9.17) is 4.74 Å². The van der Waals surface area contributed by atoms with Gasteiger partial charge in [0.15, 0.2) is 0 Å². The highest BCUT2D eigenvalue weighted by Crippen LogP contribution is 2.53. The number of methoxy groups -OCH3 is 1. The first-order chi connectivity index (χ1) is 9.37. The van der Waals surface area contributed by atoms with Gasteiger partial charge in [0.05, 0.1) is 12.5 Å². The first-order valence-corrected chi connectivity index (χ1v) is 7.65. The molecule has 4 heteroatoms. The Hall–Kier alpha value is -1.06. The average Bonchev–Trinajstić information content (AvgIpc) is 2.97. The summed E-state index contributed by atoms with van der Waals surface area (Å²) in [5, 5.41) is 0. The second-order valence-corrected chi connectivity index (χ2v) is 6.96. The molecule has 4 atom stereocenters. The molecule has 0 N–H and O–H groups in total. The van der Waals surface area contributed by atoms with Crippen molar-refractivity contribution in [2.24, 2.45) is 23.2 Å². The van der Waals surface area contributed by atoms with E-state index in [9.17, 15) is 9.59 Å². The van der Waals surface area contributed by atoms with E-state index in [-0.39, 0.29) is 17.4 Å². The largest absolute Gasteiger partial charge is 0.469 e. The summed E-state index contributed by atoms with van der Waals surface area (Å²) in [4.78, 5) is 21.9. The minimum absolute atomic E-state index is 0.0524. The number of esters is 2. The third-order valence-corrected chi connectivity index (χ3v) is 5.22. The third kappa shape index (κ3) is 2.99. The summed E-state index contributed by atoms with van der Waals surface area (Å²) in [7, 11) is 1.42. The van der Waals surface area contributed by atoms with Gasteiger partial charge < -0.3 is 9.47 Å². The van der Waals surface area contributed by atoms with Gasteiger partial charge in [-0.2, -0.15) is 0 Å². The fourth-order valence-corrected chi connectivity index (χ4v) is 3.65. The molecule has 4 nitrogen and oxygen atoms in total. The molecule has 3 rings (SSSR count). The number of rotatable bonds is 2. The minimum atomic E-state index is -0.311. The van der Waals surface area contributed by atoms with Crippen LogP contribution in [0, 0.1) is 23.2 Å². The lowest BCUT2D eigenvalue weighted by Gasteiger charge is -2.33. The smallest absolute Gasteiger partial charge is 0.311 e. The molecule has 0 aromatic carbocycles. The van der Waals surface area contributed by atoms with Crippen LogP contribution in [-0.2, 0) is 19.1 Å². The van der Waals surface area contributed by atoms with E-state index in [1.54, 1.807) is 0 Å². The monoisotopic (exact) mass is 282 g/mol. The number of carbonyl (C=O) groups excluding carboxylic acids is 2. The predicted octanol–water partition coefficient (Wildman–Crippen LogP) is 2.94. The van der Waals surface area contributed by atoms with Crippen molar-refractivity contribution >= 4 is 11.9 Å². The maximum absolute atomic E-state index is 11.0. The van der Waals surface area contributed by atoms with Crippen LogP contribution in [0.15, 0.2) is 0 Å². The van der Waals surface area contributed by atoms with Gasteiger partial charge in [0.1, 0.15) is 6.10 Å². The topological polar surface area (TPSA) is 52.6 Å². The molecule has 1 saturated heterocycles. The molecule has 0 radical (unpaired) electrons. The summed E-state index contributed by atoms with van der Waals surface area (Å²) in [5.74, 6) is 2.25. The zero-order valence-electron chi connectivity index (χ0n) is 13.0. The molecule has 3 fully saturated rings. The highest BCUT2D eigenvalue weighted by atomic mass is 16.5. The predicted molar refractivity (Wildman–Crippen MR) is 74.9 cm³/mol. The lowest BCUT2D eigenvalue weighted by atomic mass is 9.82. The molecule has 2 saturated carbocycles. The van der Waals surface area contributed by atoms with Crippen LogP contribution in [0.3, 0.4) is 0 Å². The number of fused-ring (bicyclic) bond motifs is 1. The van der Waals surface area contributed by atoms with Crippen LogP contribution in [-0.4, -0.2) is 25.2 Å². The summed E-state index contributed by atoms with van der Waals surface area (Å²) in [6, 6.07) is 0. The molecule has 1 heterocycles. The molecular weight excluding hydrogens is 256 g/mol. The van der Waals surface area contributed by atoms with E-state index in [1.807, 2.05) is 20.8 Å². The normalized spacial score (nSPS) is 34.1. The van der Waals surface area contributed by atoms with Gasteiger partial charge in [-0.1, -0.05) is 6.92 Å². The molecule has 2 aliphatic carbocycles. The summed E-state index contributed by atoms with van der Waals surface area (Å²) in [6.07, 6.45) is 5.64. The Labute approximate surface area is 121 Å². The van der Waals surface area contributed by atoms with Crippen molar-refractivity contribution < 1.29 is 19.1 Å². The van der Waals surface area contributed by atoms with Crippen LogP contribution in [0.4, 0.5) is 0 Å².